The molecule has 0 fully saturated rings. The van der Waals surface area contributed by atoms with Gasteiger partial charge in [0.25, 0.3) is 0 Å². The lowest BCUT2D eigenvalue weighted by Gasteiger charge is -2.22. The van der Waals surface area contributed by atoms with E-state index < -0.39 is 0 Å². The molecule has 1 N–H and O–H groups in total. The van der Waals surface area contributed by atoms with Gasteiger partial charge in [0.05, 0.1) is 19.8 Å². The highest BCUT2D eigenvalue weighted by molar-refractivity contribution is 5.47. The van der Waals surface area contributed by atoms with E-state index in [1.54, 1.807) is 14.2 Å². The predicted molar refractivity (Wildman–Crippen MR) is 78.6 cm³/mol. The van der Waals surface area contributed by atoms with E-state index in [9.17, 15) is 0 Å². The molecule has 0 radical (unpaired) electrons. The maximum atomic E-state index is 5.46. The lowest BCUT2D eigenvalue weighted by atomic mass is 9.99. The summed E-state index contributed by atoms with van der Waals surface area (Å²) in [6.45, 7) is 3.08. The number of benzene rings is 1. The quantitative estimate of drug-likeness (QED) is 0.729. The molecule has 3 heteroatoms. The van der Waals surface area contributed by atoms with Crippen molar-refractivity contribution in [2.75, 3.05) is 20.8 Å². The molecule has 1 rings (SSSR count). The van der Waals surface area contributed by atoms with Crippen LogP contribution in [-0.2, 0) is 0 Å². The lowest BCUT2D eigenvalue weighted by molar-refractivity contribution is 0.366. The molecular formula is C16H23NO2. The Kier molecular flexibility index (Phi) is 6.84. The first-order chi connectivity index (χ1) is 9.28. The van der Waals surface area contributed by atoms with Gasteiger partial charge in [-0.3, -0.25) is 0 Å². The van der Waals surface area contributed by atoms with E-state index >= 15 is 0 Å². The average molecular weight is 261 g/mol. The summed E-state index contributed by atoms with van der Waals surface area (Å²) in [6, 6.07) is 5.99. The minimum atomic E-state index is 0.155. The van der Waals surface area contributed by atoms with Crippen LogP contribution in [0, 0.1) is 12.3 Å². The molecule has 0 saturated heterocycles. The second-order valence-electron chi connectivity index (χ2n) is 4.33. The van der Waals surface area contributed by atoms with Crippen LogP contribution in [0.4, 0.5) is 0 Å². The van der Waals surface area contributed by atoms with Crippen LogP contribution in [0.15, 0.2) is 18.2 Å². The van der Waals surface area contributed by atoms with Gasteiger partial charge in [0, 0.05) is 12.5 Å². The summed E-state index contributed by atoms with van der Waals surface area (Å²) in [5, 5.41) is 3.51. The predicted octanol–water partition coefficient (Wildman–Crippen LogP) is 3.16. The average Bonchev–Trinajstić information content (AvgIpc) is 2.46. The van der Waals surface area contributed by atoms with Gasteiger partial charge in [-0.25, -0.2) is 0 Å². The number of hydrogen-bond acceptors (Lipinski definition) is 3. The first-order valence-corrected chi connectivity index (χ1v) is 6.66. The summed E-state index contributed by atoms with van der Waals surface area (Å²) in [4.78, 5) is 0. The summed E-state index contributed by atoms with van der Waals surface area (Å²) < 4.78 is 10.9. The molecule has 0 heterocycles. The molecule has 3 nitrogen and oxygen atoms in total. The van der Waals surface area contributed by atoms with Crippen LogP contribution in [0.5, 0.6) is 11.5 Å². The summed E-state index contributed by atoms with van der Waals surface area (Å²) in [5.74, 6) is 4.37. The van der Waals surface area contributed by atoms with Crippen molar-refractivity contribution in [1.29, 1.82) is 0 Å². The molecule has 0 amide bonds. The van der Waals surface area contributed by atoms with Gasteiger partial charge in [-0.05, 0) is 31.5 Å². The van der Waals surface area contributed by atoms with Crippen LogP contribution in [0.25, 0.3) is 0 Å². The zero-order chi connectivity index (χ0) is 14.1. The molecule has 19 heavy (non-hydrogen) atoms. The van der Waals surface area contributed by atoms with Gasteiger partial charge in [-0.1, -0.05) is 13.0 Å². The number of hydrogen-bond donors (Lipinski definition) is 1. The van der Waals surface area contributed by atoms with Gasteiger partial charge in [0.1, 0.15) is 11.5 Å². The molecule has 0 aliphatic rings. The van der Waals surface area contributed by atoms with Crippen molar-refractivity contribution in [2.45, 2.75) is 32.2 Å². The molecule has 0 aliphatic heterocycles. The molecule has 0 saturated carbocycles. The fourth-order valence-electron chi connectivity index (χ4n) is 2.12. The molecule has 1 aromatic rings. The first-order valence-electron chi connectivity index (χ1n) is 6.66. The fourth-order valence-corrected chi connectivity index (χ4v) is 2.12. The highest BCUT2D eigenvalue weighted by Gasteiger charge is 2.19. The normalized spacial score (nSPS) is 11.7. The molecule has 1 aromatic carbocycles. The standard InChI is InChI=1S/C16H23NO2/c1-5-7-9-13(17-12-6-2)16-14(18-3)10-8-11-15(16)19-4/h1,8,10-11,13,17H,6-7,9,12H2,2-4H3. The highest BCUT2D eigenvalue weighted by Crippen LogP contribution is 2.35. The van der Waals surface area contributed by atoms with E-state index in [2.05, 4.69) is 18.2 Å². The van der Waals surface area contributed by atoms with E-state index in [0.29, 0.717) is 0 Å². The number of terminal acetylenes is 1. The number of rotatable bonds is 8. The minimum absolute atomic E-state index is 0.155. The van der Waals surface area contributed by atoms with Crippen molar-refractivity contribution in [3.63, 3.8) is 0 Å². The number of methoxy groups -OCH3 is 2. The van der Waals surface area contributed by atoms with Crippen LogP contribution in [0.1, 0.15) is 37.8 Å². The summed E-state index contributed by atoms with van der Waals surface area (Å²) >= 11 is 0. The molecule has 0 spiro atoms. The monoisotopic (exact) mass is 261 g/mol. The summed E-state index contributed by atoms with van der Waals surface area (Å²) in [5.41, 5.74) is 1.05. The van der Waals surface area contributed by atoms with Crippen LogP contribution in [-0.4, -0.2) is 20.8 Å². The van der Waals surface area contributed by atoms with Crippen LogP contribution >= 0.6 is 0 Å². The van der Waals surface area contributed by atoms with Crippen molar-refractivity contribution < 1.29 is 9.47 Å². The van der Waals surface area contributed by atoms with Gasteiger partial charge in [-0.15, -0.1) is 12.3 Å². The van der Waals surface area contributed by atoms with Crippen molar-refractivity contribution in [3.8, 4) is 23.8 Å². The minimum Gasteiger partial charge on any atom is -0.496 e. The van der Waals surface area contributed by atoms with Crippen LogP contribution in [0.2, 0.25) is 0 Å². The van der Waals surface area contributed by atoms with E-state index in [-0.39, 0.29) is 6.04 Å². The van der Waals surface area contributed by atoms with Crippen LogP contribution < -0.4 is 14.8 Å². The number of nitrogens with one attached hydrogen (secondary N) is 1. The van der Waals surface area contributed by atoms with Crippen LogP contribution in [0.3, 0.4) is 0 Å². The zero-order valence-corrected chi connectivity index (χ0v) is 12.0. The molecule has 0 aliphatic carbocycles. The summed E-state index contributed by atoms with van der Waals surface area (Å²) in [7, 11) is 3.35. The van der Waals surface area contributed by atoms with Gasteiger partial charge >= 0.3 is 0 Å². The first kappa shape index (κ1) is 15.4. The SMILES string of the molecule is C#CCCC(NCCC)c1c(OC)cccc1OC. The third-order valence-corrected chi connectivity index (χ3v) is 3.03. The smallest absolute Gasteiger partial charge is 0.127 e. The topological polar surface area (TPSA) is 30.5 Å². The largest absolute Gasteiger partial charge is 0.496 e. The Hall–Kier alpha value is -1.66. The van der Waals surface area contributed by atoms with Crippen molar-refractivity contribution in [1.82, 2.24) is 5.32 Å². The van der Waals surface area contributed by atoms with Crippen molar-refractivity contribution in [2.24, 2.45) is 0 Å². The summed E-state index contributed by atoms with van der Waals surface area (Å²) in [6.07, 6.45) is 8.05. The van der Waals surface area contributed by atoms with E-state index in [1.165, 1.54) is 0 Å². The lowest BCUT2D eigenvalue weighted by Crippen LogP contribution is -2.23. The Morgan fingerprint density at radius 2 is 1.89 bits per heavy atom. The van der Waals surface area contributed by atoms with Crippen molar-refractivity contribution >= 4 is 0 Å². The molecule has 104 valence electrons. The molecule has 1 atom stereocenters. The van der Waals surface area contributed by atoms with E-state index in [0.717, 1.165) is 42.9 Å². The third-order valence-electron chi connectivity index (χ3n) is 3.03. The maximum absolute atomic E-state index is 5.46. The van der Waals surface area contributed by atoms with Gasteiger partial charge in [0.15, 0.2) is 0 Å². The third kappa shape index (κ3) is 4.18. The second-order valence-corrected chi connectivity index (χ2v) is 4.33. The Morgan fingerprint density at radius 1 is 1.26 bits per heavy atom. The Morgan fingerprint density at radius 3 is 2.37 bits per heavy atom. The zero-order valence-electron chi connectivity index (χ0n) is 12.0. The van der Waals surface area contributed by atoms with E-state index in [1.807, 2.05) is 18.2 Å². The Bertz CT molecular complexity index is 401. The molecule has 0 aromatic heterocycles. The Labute approximate surface area is 116 Å². The molecule has 1 unspecified atom stereocenters. The fraction of sp³-hybridized carbons (Fsp3) is 0.500. The van der Waals surface area contributed by atoms with Gasteiger partial charge in [-0.2, -0.15) is 0 Å². The van der Waals surface area contributed by atoms with Crippen molar-refractivity contribution in [3.05, 3.63) is 23.8 Å². The van der Waals surface area contributed by atoms with Gasteiger partial charge in [0.2, 0.25) is 0 Å². The molecule has 0 bridgehead atoms. The highest BCUT2D eigenvalue weighted by atomic mass is 16.5. The van der Waals surface area contributed by atoms with Gasteiger partial charge < -0.3 is 14.8 Å². The maximum Gasteiger partial charge on any atom is 0.127 e. The van der Waals surface area contributed by atoms with E-state index in [4.69, 9.17) is 15.9 Å². The second kappa shape index (κ2) is 8.44. The Balaban J connectivity index is 3.07. The molecular weight excluding hydrogens is 238 g/mol. The number of ether oxygens (including phenoxy) is 2.